The van der Waals surface area contributed by atoms with E-state index in [4.69, 9.17) is 10.5 Å². The number of fused-ring (bicyclic) bond motifs is 1. The van der Waals surface area contributed by atoms with E-state index in [-0.39, 0.29) is 10.8 Å². The zero-order valence-electron chi connectivity index (χ0n) is 20.6. The van der Waals surface area contributed by atoms with Gasteiger partial charge in [0.05, 0.1) is 28.9 Å². The summed E-state index contributed by atoms with van der Waals surface area (Å²) in [6, 6.07) is 28.0. The third-order valence-corrected chi connectivity index (χ3v) is 7.89. The van der Waals surface area contributed by atoms with Gasteiger partial charge in [0, 0.05) is 29.4 Å². The van der Waals surface area contributed by atoms with Crippen LogP contribution >= 0.6 is 0 Å². The second kappa shape index (κ2) is 10.3. The SMILES string of the molecule is COc1ccc(S(=O)(=O)n2ccc3ccc(CNc4ccc(C(=O)Nc5ccccc5N)cc4)cc32)cc1. The number of aromatic nitrogens is 1. The smallest absolute Gasteiger partial charge is 0.268 e. The van der Waals surface area contributed by atoms with Crippen molar-refractivity contribution < 1.29 is 17.9 Å². The molecular weight excluding hydrogens is 500 g/mol. The number of nitrogens with two attached hydrogens (primary N) is 1. The number of nitrogens with zero attached hydrogens (tertiary/aromatic N) is 1. The number of nitrogen functional groups attached to an aromatic ring is 1. The molecule has 8 nitrogen and oxygen atoms in total. The number of rotatable bonds is 8. The Hall–Kier alpha value is -4.76. The first-order chi connectivity index (χ1) is 18.3. The van der Waals surface area contributed by atoms with Gasteiger partial charge >= 0.3 is 0 Å². The lowest BCUT2D eigenvalue weighted by Crippen LogP contribution is -2.13. The van der Waals surface area contributed by atoms with Gasteiger partial charge in [-0.2, -0.15) is 0 Å². The summed E-state index contributed by atoms with van der Waals surface area (Å²) in [4.78, 5) is 12.7. The van der Waals surface area contributed by atoms with Gasteiger partial charge in [-0.05, 0) is 78.4 Å². The monoisotopic (exact) mass is 526 g/mol. The molecule has 0 bridgehead atoms. The number of hydrogen-bond donors (Lipinski definition) is 3. The van der Waals surface area contributed by atoms with Crippen LogP contribution in [0.25, 0.3) is 10.9 Å². The van der Waals surface area contributed by atoms with Crippen molar-refractivity contribution in [2.75, 3.05) is 23.5 Å². The van der Waals surface area contributed by atoms with Crippen LogP contribution in [0.5, 0.6) is 5.75 Å². The van der Waals surface area contributed by atoms with E-state index in [1.54, 1.807) is 54.7 Å². The Labute approximate surface area is 220 Å². The van der Waals surface area contributed by atoms with Gasteiger partial charge in [0.1, 0.15) is 5.75 Å². The van der Waals surface area contributed by atoms with Crippen LogP contribution in [0.2, 0.25) is 0 Å². The first-order valence-electron chi connectivity index (χ1n) is 11.8. The number of methoxy groups -OCH3 is 1. The van der Waals surface area contributed by atoms with Crippen molar-refractivity contribution in [3.8, 4) is 5.75 Å². The Bertz CT molecular complexity index is 1710. The van der Waals surface area contributed by atoms with Crippen molar-refractivity contribution in [2.45, 2.75) is 11.4 Å². The number of nitrogens with one attached hydrogen (secondary N) is 2. The standard InChI is InChI=1S/C29H26N4O4S/c1-37-24-12-14-25(15-13-24)38(35,36)33-17-16-21-7-6-20(18-28(21)33)19-31-23-10-8-22(9-11-23)29(34)32-27-5-3-2-4-26(27)30/h2-18,31H,19,30H2,1H3,(H,32,34). The van der Waals surface area contributed by atoms with E-state index in [2.05, 4.69) is 10.6 Å². The minimum atomic E-state index is -3.77. The number of hydrogen-bond acceptors (Lipinski definition) is 6. The number of carbonyl (C=O) groups excluding carboxylic acids is 1. The number of amides is 1. The molecule has 0 fully saturated rings. The Morgan fingerprint density at radius 2 is 1.66 bits per heavy atom. The fourth-order valence-corrected chi connectivity index (χ4v) is 5.42. The number of benzene rings is 4. The van der Waals surface area contributed by atoms with Crippen molar-refractivity contribution in [1.29, 1.82) is 0 Å². The second-order valence-electron chi connectivity index (χ2n) is 8.66. The number of carbonyl (C=O) groups is 1. The molecule has 0 atom stereocenters. The molecule has 1 heterocycles. The predicted molar refractivity (Wildman–Crippen MR) is 150 cm³/mol. The molecule has 38 heavy (non-hydrogen) atoms. The van der Waals surface area contributed by atoms with Crippen LogP contribution in [0.3, 0.4) is 0 Å². The Morgan fingerprint density at radius 1 is 0.921 bits per heavy atom. The quantitative estimate of drug-likeness (QED) is 0.235. The average Bonchev–Trinajstić information content (AvgIpc) is 3.38. The van der Waals surface area contributed by atoms with Gasteiger partial charge in [-0.25, -0.2) is 12.4 Å². The maximum atomic E-state index is 13.3. The molecule has 0 aliphatic heterocycles. The lowest BCUT2D eigenvalue weighted by atomic mass is 10.1. The summed E-state index contributed by atoms with van der Waals surface area (Å²) in [5.74, 6) is 0.336. The number of ether oxygens (including phenoxy) is 1. The Kier molecular flexibility index (Phi) is 6.76. The molecule has 0 saturated carbocycles. The summed E-state index contributed by atoms with van der Waals surface area (Å²) in [6.45, 7) is 0.468. The molecule has 9 heteroatoms. The summed E-state index contributed by atoms with van der Waals surface area (Å²) < 4.78 is 33.0. The van der Waals surface area contributed by atoms with E-state index in [0.717, 1.165) is 16.6 Å². The average molecular weight is 527 g/mol. The fourth-order valence-electron chi connectivity index (χ4n) is 4.08. The van der Waals surface area contributed by atoms with Crippen molar-refractivity contribution >= 4 is 43.9 Å². The first kappa shape index (κ1) is 24.9. The molecule has 5 rings (SSSR count). The highest BCUT2D eigenvalue weighted by atomic mass is 32.2. The van der Waals surface area contributed by atoms with Gasteiger partial charge < -0.3 is 21.1 Å². The molecule has 0 aliphatic rings. The van der Waals surface area contributed by atoms with E-state index in [1.165, 1.54) is 23.2 Å². The molecular formula is C29H26N4O4S. The van der Waals surface area contributed by atoms with Crippen LogP contribution in [0.1, 0.15) is 15.9 Å². The maximum Gasteiger partial charge on any atom is 0.268 e. The lowest BCUT2D eigenvalue weighted by molar-refractivity contribution is 0.102. The first-order valence-corrected chi connectivity index (χ1v) is 13.3. The lowest BCUT2D eigenvalue weighted by Gasteiger charge is -2.11. The minimum Gasteiger partial charge on any atom is -0.497 e. The van der Waals surface area contributed by atoms with Crippen molar-refractivity contribution in [3.63, 3.8) is 0 Å². The molecule has 0 saturated heterocycles. The summed E-state index contributed by atoms with van der Waals surface area (Å²) in [5.41, 5.74) is 9.79. The summed E-state index contributed by atoms with van der Waals surface area (Å²) >= 11 is 0. The largest absolute Gasteiger partial charge is 0.497 e. The van der Waals surface area contributed by atoms with Crippen LogP contribution in [-0.4, -0.2) is 25.4 Å². The van der Waals surface area contributed by atoms with Gasteiger partial charge in [0.2, 0.25) is 0 Å². The highest BCUT2D eigenvalue weighted by molar-refractivity contribution is 7.90. The number of para-hydroxylation sites is 2. The predicted octanol–water partition coefficient (Wildman–Crippen LogP) is 5.33. The molecule has 1 aromatic heterocycles. The zero-order valence-corrected chi connectivity index (χ0v) is 21.4. The maximum absolute atomic E-state index is 13.3. The summed E-state index contributed by atoms with van der Waals surface area (Å²) in [5, 5.41) is 6.95. The van der Waals surface area contributed by atoms with Crippen LogP contribution in [-0.2, 0) is 16.6 Å². The molecule has 5 aromatic rings. The van der Waals surface area contributed by atoms with E-state index in [9.17, 15) is 13.2 Å². The highest BCUT2D eigenvalue weighted by Crippen LogP contribution is 2.25. The van der Waals surface area contributed by atoms with E-state index in [1.807, 2.05) is 36.4 Å². The van der Waals surface area contributed by atoms with E-state index < -0.39 is 10.0 Å². The molecule has 1 amide bonds. The Morgan fingerprint density at radius 3 is 2.37 bits per heavy atom. The molecule has 0 spiro atoms. The van der Waals surface area contributed by atoms with Crippen molar-refractivity contribution in [1.82, 2.24) is 3.97 Å². The topological polar surface area (TPSA) is 115 Å². The van der Waals surface area contributed by atoms with Crippen LogP contribution < -0.4 is 21.1 Å². The van der Waals surface area contributed by atoms with E-state index in [0.29, 0.717) is 34.7 Å². The van der Waals surface area contributed by atoms with E-state index >= 15 is 0 Å². The second-order valence-corrected chi connectivity index (χ2v) is 10.5. The fraction of sp³-hybridized carbons (Fsp3) is 0.0690. The van der Waals surface area contributed by atoms with Gasteiger partial charge in [-0.3, -0.25) is 4.79 Å². The molecule has 0 aliphatic carbocycles. The zero-order chi connectivity index (χ0) is 26.7. The molecule has 4 aromatic carbocycles. The number of anilines is 3. The van der Waals surface area contributed by atoms with Crippen molar-refractivity contribution in [2.24, 2.45) is 0 Å². The van der Waals surface area contributed by atoms with Gasteiger partial charge in [-0.15, -0.1) is 0 Å². The van der Waals surface area contributed by atoms with Crippen molar-refractivity contribution in [3.05, 3.63) is 114 Å². The van der Waals surface area contributed by atoms with Crippen LogP contribution in [0.4, 0.5) is 17.1 Å². The molecule has 192 valence electrons. The molecule has 4 N–H and O–H groups in total. The van der Waals surface area contributed by atoms with Gasteiger partial charge in [0.25, 0.3) is 15.9 Å². The molecule has 0 unspecified atom stereocenters. The van der Waals surface area contributed by atoms with Gasteiger partial charge in [0.15, 0.2) is 0 Å². The van der Waals surface area contributed by atoms with Crippen LogP contribution in [0.15, 0.2) is 108 Å². The Balaban J connectivity index is 1.29. The highest BCUT2D eigenvalue weighted by Gasteiger charge is 2.19. The van der Waals surface area contributed by atoms with Gasteiger partial charge in [-0.1, -0.05) is 24.3 Å². The normalized spacial score (nSPS) is 11.3. The summed E-state index contributed by atoms with van der Waals surface area (Å²) in [6.07, 6.45) is 1.56. The van der Waals surface area contributed by atoms with Crippen LogP contribution in [0, 0.1) is 0 Å². The third-order valence-electron chi connectivity index (χ3n) is 6.19. The molecule has 0 radical (unpaired) electrons. The minimum absolute atomic E-state index is 0.179. The summed E-state index contributed by atoms with van der Waals surface area (Å²) in [7, 11) is -2.24. The third kappa shape index (κ3) is 5.05.